The molecule has 1 N–H and O–H groups in total. The maximum Gasteiger partial charge on any atom is 0.441 e. The number of hydrogen-bond acceptors (Lipinski definition) is 3. The van der Waals surface area contributed by atoms with Crippen molar-refractivity contribution in [3.63, 3.8) is 0 Å². The minimum Gasteiger partial charge on any atom is -0.378 e. The smallest absolute Gasteiger partial charge is 0.378 e. The summed E-state index contributed by atoms with van der Waals surface area (Å²) in [6.07, 6.45) is 1.42. The van der Waals surface area contributed by atoms with Gasteiger partial charge in [-0.05, 0) is 26.8 Å². The highest BCUT2D eigenvalue weighted by atomic mass is 32.2. The van der Waals surface area contributed by atoms with E-state index < -0.39 is 5.51 Å². The quantitative estimate of drug-likeness (QED) is 0.818. The summed E-state index contributed by atoms with van der Waals surface area (Å²) in [6, 6.07) is 0. The average Bonchev–Trinajstić information content (AvgIpc) is 2.47. The Morgan fingerprint density at radius 2 is 2.19 bits per heavy atom. The molecular formula is C10H18F3NOS. The predicted octanol–water partition coefficient (Wildman–Crippen LogP) is 2.64. The Kier molecular flexibility index (Phi) is 4.94. The second kappa shape index (κ2) is 5.60. The van der Waals surface area contributed by atoms with Crippen LogP contribution in [0.3, 0.4) is 0 Å². The molecule has 2 nitrogen and oxygen atoms in total. The molecule has 0 bridgehead atoms. The molecule has 1 aliphatic rings. The van der Waals surface area contributed by atoms with Crippen LogP contribution in [0.15, 0.2) is 0 Å². The Morgan fingerprint density at radius 3 is 2.62 bits per heavy atom. The van der Waals surface area contributed by atoms with Crippen LogP contribution in [-0.2, 0) is 4.74 Å². The van der Waals surface area contributed by atoms with Crippen LogP contribution >= 0.6 is 11.8 Å². The van der Waals surface area contributed by atoms with E-state index in [0.717, 1.165) is 6.42 Å². The van der Waals surface area contributed by atoms with Crippen molar-refractivity contribution in [1.82, 2.24) is 5.32 Å². The second-order valence-corrected chi connectivity index (χ2v) is 5.36. The molecule has 0 aromatic heterocycles. The first-order chi connectivity index (χ1) is 7.40. The zero-order valence-electron chi connectivity index (χ0n) is 9.56. The molecule has 1 fully saturated rings. The Hall–Kier alpha value is 0.0600. The van der Waals surface area contributed by atoms with Gasteiger partial charge in [0.05, 0.1) is 6.10 Å². The summed E-state index contributed by atoms with van der Waals surface area (Å²) in [7, 11) is 1.82. The van der Waals surface area contributed by atoms with Gasteiger partial charge in [0.15, 0.2) is 0 Å². The van der Waals surface area contributed by atoms with Crippen LogP contribution in [0.1, 0.15) is 19.8 Å². The molecular weight excluding hydrogens is 239 g/mol. The lowest BCUT2D eigenvalue weighted by Gasteiger charge is -2.32. The summed E-state index contributed by atoms with van der Waals surface area (Å²) in [5.41, 5.74) is -4.25. The van der Waals surface area contributed by atoms with Crippen LogP contribution < -0.4 is 5.32 Å². The van der Waals surface area contributed by atoms with Gasteiger partial charge in [0, 0.05) is 24.3 Å². The van der Waals surface area contributed by atoms with Gasteiger partial charge in [-0.1, -0.05) is 11.8 Å². The molecule has 2 atom stereocenters. The zero-order valence-corrected chi connectivity index (χ0v) is 10.4. The van der Waals surface area contributed by atoms with E-state index in [1.54, 1.807) is 0 Å². The van der Waals surface area contributed by atoms with Crippen molar-refractivity contribution in [1.29, 1.82) is 0 Å². The van der Waals surface area contributed by atoms with Crippen molar-refractivity contribution >= 4 is 11.8 Å². The van der Waals surface area contributed by atoms with E-state index >= 15 is 0 Å². The zero-order chi connectivity index (χ0) is 12.2. The largest absolute Gasteiger partial charge is 0.441 e. The van der Waals surface area contributed by atoms with E-state index in [4.69, 9.17) is 4.74 Å². The van der Waals surface area contributed by atoms with E-state index in [-0.39, 0.29) is 29.0 Å². The van der Waals surface area contributed by atoms with Gasteiger partial charge in [0.1, 0.15) is 0 Å². The van der Waals surface area contributed by atoms with Gasteiger partial charge in [-0.15, -0.1) is 0 Å². The standard InChI is InChI=1S/C10H18F3NOS/c1-8-9(7-14-2,3-5-15-8)4-6-16-10(11,12)13/h8,14H,3-7H2,1-2H3. The molecule has 0 aromatic carbocycles. The molecule has 0 aliphatic carbocycles. The third-order valence-electron chi connectivity index (χ3n) is 3.22. The van der Waals surface area contributed by atoms with Crippen molar-refractivity contribution in [2.75, 3.05) is 26.0 Å². The van der Waals surface area contributed by atoms with Crippen molar-refractivity contribution in [2.45, 2.75) is 31.4 Å². The van der Waals surface area contributed by atoms with Gasteiger partial charge in [-0.3, -0.25) is 0 Å². The van der Waals surface area contributed by atoms with Gasteiger partial charge in [0.25, 0.3) is 0 Å². The van der Waals surface area contributed by atoms with E-state index in [1.807, 2.05) is 14.0 Å². The van der Waals surface area contributed by atoms with Crippen LogP contribution in [0.5, 0.6) is 0 Å². The molecule has 1 rings (SSSR count). The highest BCUT2D eigenvalue weighted by Crippen LogP contribution is 2.40. The van der Waals surface area contributed by atoms with E-state index in [0.29, 0.717) is 19.6 Å². The number of nitrogens with one attached hydrogen (secondary N) is 1. The first kappa shape index (κ1) is 14.1. The summed E-state index contributed by atoms with van der Waals surface area (Å²) in [5, 5.41) is 3.06. The Balaban J connectivity index is 2.46. The molecule has 6 heteroatoms. The molecule has 0 radical (unpaired) electrons. The maximum atomic E-state index is 12.1. The van der Waals surface area contributed by atoms with Gasteiger partial charge in [-0.2, -0.15) is 13.2 Å². The van der Waals surface area contributed by atoms with Crippen LogP contribution in [0.25, 0.3) is 0 Å². The molecule has 0 amide bonds. The fourth-order valence-electron chi connectivity index (χ4n) is 2.19. The number of ether oxygens (including phenoxy) is 1. The van der Waals surface area contributed by atoms with E-state index in [2.05, 4.69) is 5.32 Å². The molecule has 0 spiro atoms. The summed E-state index contributed by atoms with van der Waals surface area (Å²) in [4.78, 5) is 0. The monoisotopic (exact) mass is 257 g/mol. The Labute approximate surface area is 98.3 Å². The molecule has 0 saturated carbocycles. The highest BCUT2D eigenvalue weighted by Gasteiger charge is 2.41. The summed E-state index contributed by atoms with van der Waals surface area (Å²) in [6.45, 7) is 3.31. The van der Waals surface area contributed by atoms with Crippen LogP contribution in [0.4, 0.5) is 13.2 Å². The van der Waals surface area contributed by atoms with Gasteiger partial charge < -0.3 is 10.1 Å². The Bertz CT molecular complexity index is 225. The number of halogens is 3. The Morgan fingerprint density at radius 1 is 1.50 bits per heavy atom. The minimum absolute atomic E-state index is 0.0359. The fraction of sp³-hybridized carbons (Fsp3) is 1.00. The van der Waals surface area contributed by atoms with Crippen LogP contribution in [-0.4, -0.2) is 37.6 Å². The normalized spacial score (nSPS) is 30.9. The lowest BCUT2D eigenvalue weighted by molar-refractivity contribution is -0.0330. The third-order valence-corrected chi connectivity index (χ3v) is 3.96. The maximum absolute atomic E-state index is 12.1. The van der Waals surface area contributed by atoms with Gasteiger partial charge in [0.2, 0.25) is 0 Å². The third kappa shape index (κ3) is 3.82. The topological polar surface area (TPSA) is 21.3 Å². The SMILES string of the molecule is CNCC1(CCSC(F)(F)F)CCOC1C. The number of rotatable bonds is 5. The van der Waals surface area contributed by atoms with Gasteiger partial charge >= 0.3 is 5.51 Å². The molecule has 96 valence electrons. The second-order valence-electron chi connectivity index (χ2n) is 4.20. The first-order valence-corrected chi connectivity index (χ1v) is 6.35. The minimum atomic E-state index is -4.12. The average molecular weight is 257 g/mol. The summed E-state index contributed by atoms with van der Waals surface area (Å²) >= 11 is 0.0635. The van der Waals surface area contributed by atoms with Crippen molar-refractivity contribution < 1.29 is 17.9 Å². The number of hydrogen-bond donors (Lipinski definition) is 1. The summed E-state index contributed by atoms with van der Waals surface area (Å²) < 4.78 is 41.6. The van der Waals surface area contributed by atoms with Crippen LogP contribution in [0, 0.1) is 5.41 Å². The van der Waals surface area contributed by atoms with Gasteiger partial charge in [-0.25, -0.2) is 0 Å². The molecule has 1 aliphatic heterocycles. The van der Waals surface area contributed by atoms with Crippen molar-refractivity contribution in [3.8, 4) is 0 Å². The molecule has 1 heterocycles. The number of thioether (sulfide) groups is 1. The molecule has 16 heavy (non-hydrogen) atoms. The fourth-order valence-corrected chi connectivity index (χ4v) is 2.93. The lowest BCUT2D eigenvalue weighted by atomic mass is 9.79. The van der Waals surface area contributed by atoms with Crippen LogP contribution in [0.2, 0.25) is 0 Å². The van der Waals surface area contributed by atoms with E-state index in [1.165, 1.54) is 0 Å². The summed E-state index contributed by atoms with van der Waals surface area (Å²) in [5.74, 6) is 0.110. The molecule has 2 unspecified atom stereocenters. The lowest BCUT2D eigenvalue weighted by Crippen LogP contribution is -2.38. The van der Waals surface area contributed by atoms with Crippen molar-refractivity contribution in [2.24, 2.45) is 5.41 Å². The molecule has 0 aromatic rings. The van der Waals surface area contributed by atoms with E-state index in [9.17, 15) is 13.2 Å². The molecule has 1 saturated heterocycles. The van der Waals surface area contributed by atoms with Crippen molar-refractivity contribution in [3.05, 3.63) is 0 Å². The number of alkyl halides is 3. The predicted molar refractivity (Wildman–Crippen MR) is 59.5 cm³/mol. The first-order valence-electron chi connectivity index (χ1n) is 5.36. The highest BCUT2D eigenvalue weighted by molar-refractivity contribution is 8.00.